The van der Waals surface area contributed by atoms with Crippen molar-refractivity contribution in [3.05, 3.63) is 53.7 Å². The minimum Gasteiger partial charge on any atom is -0.451 e. The van der Waals surface area contributed by atoms with E-state index in [0.717, 1.165) is 16.9 Å². The number of hydrogen-bond donors (Lipinski definition) is 2. The van der Waals surface area contributed by atoms with Crippen molar-refractivity contribution in [2.75, 3.05) is 17.6 Å². The summed E-state index contributed by atoms with van der Waals surface area (Å²) in [5.41, 5.74) is 7.86. The third-order valence-corrected chi connectivity index (χ3v) is 7.19. The Hall–Kier alpha value is -2.24. The molecule has 3 rings (SSSR count). The molecule has 0 saturated carbocycles. The summed E-state index contributed by atoms with van der Waals surface area (Å²) in [7, 11) is -2.57. The Morgan fingerprint density at radius 1 is 1.37 bits per heavy atom. The lowest BCUT2D eigenvalue weighted by molar-refractivity contribution is 0.444. The van der Waals surface area contributed by atoms with Crippen LogP contribution in [0.4, 0.5) is 5.82 Å². The maximum absolute atomic E-state index is 12.4. The number of benzene rings is 1. The highest BCUT2D eigenvalue weighted by molar-refractivity contribution is 7.58. The highest BCUT2D eigenvalue weighted by atomic mass is 35.5. The smallest absolute Gasteiger partial charge is 0.246 e. The Morgan fingerprint density at radius 2 is 2.11 bits per heavy atom. The Labute approximate surface area is 163 Å². The van der Waals surface area contributed by atoms with Crippen LogP contribution in [0, 0.1) is 0 Å². The zero-order chi connectivity index (χ0) is 19.4. The van der Waals surface area contributed by atoms with Gasteiger partial charge >= 0.3 is 0 Å². The van der Waals surface area contributed by atoms with Crippen molar-refractivity contribution in [3.63, 3.8) is 0 Å². The van der Waals surface area contributed by atoms with E-state index in [1.54, 1.807) is 6.33 Å². The number of nitrogens with two attached hydrogens (primary N) is 1. The van der Waals surface area contributed by atoms with Crippen molar-refractivity contribution in [3.8, 4) is 0 Å². The van der Waals surface area contributed by atoms with Crippen molar-refractivity contribution in [1.82, 2.24) is 9.55 Å². The second kappa shape index (κ2) is 8.19. The first-order valence-electron chi connectivity index (χ1n) is 8.76. The van der Waals surface area contributed by atoms with Crippen LogP contribution in [0.3, 0.4) is 0 Å². The van der Waals surface area contributed by atoms with E-state index >= 15 is 0 Å². The lowest BCUT2D eigenvalue weighted by Gasteiger charge is -2.18. The number of hydrogen-bond acceptors (Lipinski definition) is 6. The zero-order valence-electron chi connectivity index (χ0n) is 15.3. The van der Waals surface area contributed by atoms with Crippen molar-refractivity contribution >= 4 is 36.8 Å². The summed E-state index contributed by atoms with van der Waals surface area (Å²) in [6, 6.07) is 7.91. The molecular formula is C18H23ClN5O2P. The average Bonchev–Trinajstić information content (AvgIpc) is 3.06. The van der Waals surface area contributed by atoms with E-state index in [-0.39, 0.29) is 5.96 Å². The van der Waals surface area contributed by atoms with Crippen LogP contribution in [0.2, 0.25) is 0 Å². The molecule has 27 heavy (non-hydrogen) atoms. The summed E-state index contributed by atoms with van der Waals surface area (Å²) in [6.45, 7) is 4.31. The summed E-state index contributed by atoms with van der Waals surface area (Å²) >= 11 is 6.19. The van der Waals surface area contributed by atoms with Gasteiger partial charge in [0.05, 0.1) is 19.1 Å². The monoisotopic (exact) mass is 407 g/mol. The summed E-state index contributed by atoms with van der Waals surface area (Å²) in [6.07, 6.45) is 6.12. The quantitative estimate of drug-likeness (QED) is 0.310. The molecule has 1 aliphatic heterocycles. The molecule has 3 N–H and O–H groups in total. The molecule has 1 aromatic heterocycles. The lowest BCUT2D eigenvalue weighted by atomic mass is 10.1. The van der Waals surface area contributed by atoms with Gasteiger partial charge in [0.15, 0.2) is 11.5 Å². The van der Waals surface area contributed by atoms with Gasteiger partial charge in [-0.2, -0.15) is 0 Å². The highest BCUT2D eigenvalue weighted by Gasteiger charge is 2.23. The Bertz CT molecular complexity index is 916. The van der Waals surface area contributed by atoms with Crippen molar-refractivity contribution in [2.45, 2.75) is 25.9 Å². The minimum atomic E-state index is -2.57. The molecule has 9 heteroatoms. The van der Waals surface area contributed by atoms with E-state index < -0.39 is 12.9 Å². The van der Waals surface area contributed by atoms with Crippen LogP contribution >= 0.6 is 19.0 Å². The first-order chi connectivity index (χ1) is 13.0. The largest absolute Gasteiger partial charge is 0.451 e. The molecule has 7 nitrogen and oxygen atoms in total. The molecule has 1 aromatic carbocycles. The van der Waals surface area contributed by atoms with Crippen LogP contribution in [-0.4, -0.2) is 27.8 Å². The van der Waals surface area contributed by atoms with Crippen molar-refractivity contribution in [2.24, 2.45) is 10.7 Å². The fourth-order valence-corrected chi connectivity index (χ4v) is 4.07. The number of halogens is 1. The van der Waals surface area contributed by atoms with Gasteiger partial charge in [0.1, 0.15) is 11.5 Å². The van der Waals surface area contributed by atoms with E-state index in [9.17, 15) is 4.57 Å². The van der Waals surface area contributed by atoms with Crippen LogP contribution < -0.4 is 11.1 Å². The fourth-order valence-electron chi connectivity index (χ4n) is 2.78. The number of nitrogens with zero attached hydrogens (tertiary/aromatic N) is 3. The average molecular weight is 408 g/mol. The van der Waals surface area contributed by atoms with Crippen LogP contribution in [0.15, 0.2) is 41.8 Å². The van der Waals surface area contributed by atoms with Gasteiger partial charge in [0.25, 0.3) is 0 Å². The van der Waals surface area contributed by atoms with Crippen molar-refractivity contribution < 1.29 is 9.09 Å². The van der Waals surface area contributed by atoms with Gasteiger partial charge in [0.2, 0.25) is 7.37 Å². The molecule has 1 atom stereocenters. The third kappa shape index (κ3) is 4.37. The van der Waals surface area contributed by atoms with Gasteiger partial charge in [0, 0.05) is 12.3 Å². The number of fused-ring (bicyclic) bond motifs is 1. The minimum absolute atomic E-state index is 0.265. The SMILES string of the molecule is CCP(=O)(CC)OC=Cc1ccccc1Cn1cnc2c1NC(N)=NC2Cl. The van der Waals surface area contributed by atoms with E-state index in [0.29, 0.717) is 24.6 Å². The third-order valence-electron chi connectivity index (χ3n) is 4.45. The van der Waals surface area contributed by atoms with Gasteiger partial charge < -0.3 is 20.1 Å². The van der Waals surface area contributed by atoms with E-state index in [1.165, 1.54) is 6.26 Å². The second-order valence-corrected chi connectivity index (χ2v) is 9.65. The number of alkyl halides is 1. The topological polar surface area (TPSA) is 94.5 Å². The predicted octanol–water partition coefficient (Wildman–Crippen LogP) is 4.21. The molecule has 0 amide bonds. The zero-order valence-corrected chi connectivity index (χ0v) is 17.0. The van der Waals surface area contributed by atoms with Gasteiger partial charge in [-0.25, -0.2) is 9.98 Å². The molecule has 2 aromatic rings. The van der Waals surface area contributed by atoms with Gasteiger partial charge in [-0.1, -0.05) is 49.7 Å². The maximum atomic E-state index is 12.4. The summed E-state index contributed by atoms with van der Waals surface area (Å²) in [5.74, 6) is 1.000. The first-order valence-corrected chi connectivity index (χ1v) is 11.2. The molecule has 0 fully saturated rings. The molecule has 0 radical (unpaired) electrons. The lowest BCUT2D eigenvalue weighted by Crippen LogP contribution is -2.28. The molecule has 0 bridgehead atoms. The molecule has 0 saturated heterocycles. The first kappa shape index (κ1) is 19.5. The molecule has 144 valence electrons. The Morgan fingerprint density at radius 3 is 2.85 bits per heavy atom. The number of anilines is 1. The number of rotatable bonds is 7. The van der Waals surface area contributed by atoms with E-state index in [1.807, 2.05) is 48.8 Å². The highest BCUT2D eigenvalue weighted by Crippen LogP contribution is 2.46. The molecule has 1 aliphatic rings. The standard InChI is InChI=1S/C18H23ClN5O2P/c1-3-27(25,4-2)26-10-9-13-7-5-6-8-14(13)11-24-12-21-15-16(19)22-18(20)23-17(15)24/h5-10,12,16H,3-4,11H2,1-2H3,(H3,20,22,23). The number of aromatic nitrogens is 2. The van der Waals surface area contributed by atoms with Crippen LogP contribution in [0.5, 0.6) is 0 Å². The van der Waals surface area contributed by atoms with Gasteiger partial charge in [-0.15, -0.1) is 0 Å². The summed E-state index contributed by atoms with van der Waals surface area (Å²) < 4.78 is 19.8. The molecule has 2 heterocycles. The van der Waals surface area contributed by atoms with Crippen LogP contribution in [-0.2, 0) is 15.6 Å². The molecule has 1 unspecified atom stereocenters. The molecule has 0 spiro atoms. The summed E-state index contributed by atoms with van der Waals surface area (Å²) in [5, 5.41) is 3.02. The Kier molecular flexibility index (Phi) is 5.92. The number of imidazole rings is 1. The van der Waals surface area contributed by atoms with E-state index in [4.69, 9.17) is 21.9 Å². The second-order valence-electron chi connectivity index (χ2n) is 6.14. The van der Waals surface area contributed by atoms with E-state index in [2.05, 4.69) is 15.3 Å². The van der Waals surface area contributed by atoms with Crippen LogP contribution in [0.25, 0.3) is 6.08 Å². The number of guanidine groups is 1. The summed E-state index contributed by atoms with van der Waals surface area (Å²) in [4.78, 5) is 8.40. The van der Waals surface area contributed by atoms with Crippen molar-refractivity contribution in [1.29, 1.82) is 0 Å². The molecule has 0 aliphatic carbocycles. The maximum Gasteiger partial charge on any atom is 0.246 e. The van der Waals surface area contributed by atoms with Gasteiger partial charge in [-0.05, 0) is 17.2 Å². The fraction of sp³-hybridized carbons (Fsp3) is 0.333. The normalized spacial score (nSPS) is 16.7. The van der Waals surface area contributed by atoms with Gasteiger partial charge in [-0.3, -0.25) is 4.57 Å². The predicted molar refractivity (Wildman–Crippen MR) is 110 cm³/mol. The Balaban J connectivity index is 1.81. The number of aliphatic imine (C=N–C) groups is 1. The number of nitrogens with one attached hydrogen (secondary N) is 1. The molecular weight excluding hydrogens is 385 g/mol. The van der Waals surface area contributed by atoms with Crippen LogP contribution in [0.1, 0.15) is 36.2 Å².